The lowest BCUT2D eigenvalue weighted by atomic mass is 9.98. The molecule has 94 valence electrons. The molecule has 0 saturated carbocycles. The second-order valence-electron chi connectivity index (χ2n) is 3.64. The minimum absolute atomic E-state index is 0.190. The molecule has 0 fully saturated rings. The Morgan fingerprint density at radius 2 is 1.75 bits per heavy atom. The lowest BCUT2D eigenvalue weighted by Crippen LogP contribution is -2.35. The van der Waals surface area contributed by atoms with Crippen LogP contribution in [0.25, 0.3) is 0 Å². The molecule has 1 aliphatic carbocycles. The molecule has 1 aliphatic rings. The lowest BCUT2D eigenvalue weighted by molar-refractivity contribution is -0.343. The maximum atomic E-state index is 13.2. The van der Waals surface area contributed by atoms with Gasteiger partial charge in [-0.15, -0.1) is 13.2 Å². The Morgan fingerprint density at radius 1 is 1.12 bits per heavy atom. The summed E-state index contributed by atoms with van der Waals surface area (Å²) in [6, 6.07) is 0. The van der Waals surface area contributed by atoms with Gasteiger partial charge in [-0.05, 0) is 6.42 Å². The molecule has 0 N–H and O–H groups in total. The van der Waals surface area contributed by atoms with Crippen molar-refractivity contribution in [3.63, 3.8) is 0 Å². The second kappa shape index (κ2) is 4.65. The molecular formula is C9H10F6O. The third-order valence-corrected chi connectivity index (χ3v) is 2.34. The third-order valence-electron chi connectivity index (χ3n) is 2.34. The monoisotopic (exact) mass is 248 g/mol. The van der Waals surface area contributed by atoms with E-state index in [0.717, 1.165) is 6.08 Å². The molecule has 0 aromatic carbocycles. The van der Waals surface area contributed by atoms with Crippen molar-refractivity contribution in [2.75, 3.05) is 13.3 Å². The fourth-order valence-corrected chi connectivity index (χ4v) is 1.49. The van der Waals surface area contributed by atoms with Gasteiger partial charge in [-0.25, -0.2) is 8.78 Å². The number of ether oxygens (including phenoxy) is 1. The molecule has 2 unspecified atom stereocenters. The van der Waals surface area contributed by atoms with E-state index in [-0.39, 0.29) is 6.42 Å². The number of rotatable bonds is 4. The van der Waals surface area contributed by atoms with Gasteiger partial charge in [-0.2, -0.15) is 0 Å². The maximum absolute atomic E-state index is 13.2. The van der Waals surface area contributed by atoms with E-state index in [2.05, 4.69) is 4.74 Å². The Balaban J connectivity index is 2.49. The fraction of sp³-hybridized carbons (Fsp3) is 0.778. The normalized spacial score (nSPS) is 26.4. The molecule has 0 amide bonds. The van der Waals surface area contributed by atoms with Crippen LogP contribution >= 0.6 is 0 Å². The number of hydrogen-bond donors (Lipinski definition) is 0. The fourth-order valence-electron chi connectivity index (χ4n) is 1.49. The molecule has 0 radical (unpaired) electrons. The average molecular weight is 248 g/mol. The zero-order chi connectivity index (χ0) is 12.4. The van der Waals surface area contributed by atoms with Gasteiger partial charge in [0.1, 0.15) is 6.61 Å². The van der Waals surface area contributed by atoms with E-state index in [9.17, 15) is 26.3 Å². The molecule has 2 atom stereocenters. The molecule has 16 heavy (non-hydrogen) atoms. The van der Waals surface area contributed by atoms with E-state index in [4.69, 9.17) is 0 Å². The van der Waals surface area contributed by atoms with Crippen molar-refractivity contribution in [2.45, 2.75) is 18.7 Å². The molecule has 1 rings (SSSR count). The van der Waals surface area contributed by atoms with Crippen LogP contribution in [-0.2, 0) is 4.74 Å². The Hall–Kier alpha value is -0.720. The molecule has 0 bridgehead atoms. The second-order valence-corrected chi connectivity index (χ2v) is 3.64. The summed E-state index contributed by atoms with van der Waals surface area (Å²) in [4.78, 5) is 0. The predicted molar refractivity (Wildman–Crippen MR) is 43.7 cm³/mol. The van der Waals surface area contributed by atoms with Gasteiger partial charge in [0.05, 0.1) is 6.67 Å². The van der Waals surface area contributed by atoms with Crippen molar-refractivity contribution in [1.82, 2.24) is 0 Å². The first-order valence-electron chi connectivity index (χ1n) is 4.57. The van der Waals surface area contributed by atoms with E-state index >= 15 is 0 Å². The summed E-state index contributed by atoms with van der Waals surface area (Å²) < 4.78 is 76.3. The van der Waals surface area contributed by atoms with Gasteiger partial charge < -0.3 is 0 Å². The van der Waals surface area contributed by atoms with Crippen LogP contribution in [0.2, 0.25) is 0 Å². The van der Waals surface area contributed by atoms with Crippen LogP contribution in [0, 0.1) is 11.8 Å². The van der Waals surface area contributed by atoms with E-state index in [1.54, 1.807) is 0 Å². The minimum Gasteiger partial charge on any atom is -0.286 e. The van der Waals surface area contributed by atoms with Crippen LogP contribution in [0.3, 0.4) is 0 Å². The highest BCUT2D eigenvalue weighted by atomic mass is 19.4. The molecule has 0 spiro atoms. The van der Waals surface area contributed by atoms with Crippen LogP contribution in [-0.4, -0.2) is 25.6 Å². The number of halogens is 6. The first kappa shape index (κ1) is 13.3. The molecule has 7 heteroatoms. The van der Waals surface area contributed by atoms with Crippen molar-refractivity contribution in [1.29, 1.82) is 0 Å². The Morgan fingerprint density at radius 3 is 2.19 bits per heavy atom. The number of hydrogen-bond acceptors (Lipinski definition) is 1. The summed E-state index contributed by atoms with van der Waals surface area (Å²) in [6.45, 7) is -2.52. The summed E-state index contributed by atoms with van der Waals surface area (Å²) in [5.41, 5.74) is 0. The smallest absolute Gasteiger partial charge is 0.286 e. The minimum atomic E-state index is -5.08. The van der Waals surface area contributed by atoms with Crippen molar-refractivity contribution in [3.8, 4) is 0 Å². The summed E-state index contributed by atoms with van der Waals surface area (Å²) >= 11 is 0. The third kappa shape index (κ3) is 3.70. The van der Waals surface area contributed by atoms with Crippen LogP contribution in [0.15, 0.2) is 12.2 Å². The molecule has 0 aromatic heterocycles. The van der Waals surface area contributed by atoms with Crippen LogP contribution in [0.4, 0.5) is 26.3 Å². The zero-order valence-electron chi connectivity index (χ0n) is 8.11. The summed E-state index contributed by atoms with van der Waals surface area (Å²) in [6.07, 6.45) is -2.97. The highest BCUT2D eigenvalue weighted by molar-refractivity contribution is 5.06. The summed E-state index contributed by atoms with van der Waals surface area (Å²) in [5, 5.41) is 0. The predicted octanol–water partition coefficient (Wildman–Crippen LogP) is 3.32. The highest BCUT2D eigenvalue weighted by Gasteiger charge is 2.44. The Bertz CT molecular complexity index is 259. The van der Waals surface area contributed by atoms with Crippen molar-refractivity contribution >= 4 is 0 Å². The van der Waals surface area contributed by atoms with Crippen LogP contribution in [0.5, 0.6) is 0 Å². The maximum Gasteiger partial charge on any atom is 0.522 e. The number of allylic oxidation sites excluding steroid dienone is 2. The van der Waals surface area contributed by atoms with Crippen LogP contribution < -0.4 is 0 Å². The van der Waals surface area contributed by atoms with E-state index in [1.807, 2.05) is 0 Å². The quantitative estimate of drug-likeness (QED) is 0.547. The SMILES string of the molecule is FCC1C=CC(C(F)(F)COC(F)(F)F)C1. The van der Waals surface area contributed by atoms with Crippen molar-refractivity contribution < 1.29 is 31.1 Å². The first-order valence-corrected chi connectivity index (χ1v) is 4.57. The summed E-state index contributed by atoms with van der Waals surface area (Å²) in [7, 11) is 0. The molecule has 0 heterocycles. The number of alkyl halides is 6. The van der Waals surface area contributed by atoms with Gasteiger partial charge in [0.2, 0.25) is 0 Å². The standard InChI is InChI=1S/C9H10F6O/c10-4-6-1-2-7(3-6)8(11,12)5-16-9(13,14)15/h1-2,6-7H,3-5H2. The molecule has 1 nitrogen and oxygen atoms in total. The highest BCUT2D eigenvalue weighted by Crippen LogP contribution is 2.37. The van der Waals surface area contributed by atoms with Gasteiger partial charge in [0.15, 0.2) is 0 Å². The van der Waals surface area contributed by atoms with Gasteiger partial charge in [0, 0.05) is 11.8 Å². The Kier molecular flexibility index (Phi) is 3.88. The van der Waals surface area contributed by atoms with E-state index in [0.29, 0.717) is 0 Å². The first-order chi connectivity index (χ1) is 7.24. The van der Waals surface area contributed by atoms with E-state index in [1.165, 1.54) is 6.08 Å². The van der Waals surface area contributed by atoms with Gasteiger partial charge in [0.25, 0.3) is 5.92 Å². The zero-order valence-corrected chi connectivity index (χ0v) is 8.11. The largest absolute Gasteiger partial charge is 0.522 e. The van der Waals surface area contributed by atoms with Gasteiger partial charge >= 0.3 is 6.36 Å². The summed E-state index contributed by atoms with van der Waals surface area (Å²) in [5.74, 6) is -5.66. The Labute approximate surface area is 88.1 Å². The van der Waals surface area contributed by atoms with E-state index < -0.39 is 37.4 Å². The molecule has 0 aliphatic heterocycles. The van der Waals surface area contributed by atoms with Gasteiger partial charge in [-0.1, -0.05) is 12.2 Å². The van der Waals surface area contributed by atoms with Crippen LogP contribution in [0.1, 0.15) is 6.42 Å². The lowest BCUT2D eigenvalue weighted by Gasteiger charge is -2.23. The molecule has 0 saturated heterocycles. The average Bonchev–Trinajstić information content (AvgIpc) is 2.62. The van der Waals surface area contributed by atoms with Crippen molar-refractivity contribution in [2.24, 2.45) is 11.8 Å². The molecule has 0 aromatic rings. The topological polar surface area (TPSA) is 9.23 Å². The van der Waals surface area contributed by atoms with Gasteiger partial charge in [-0.3, -0.25) is 9.13 Å². The molecular weight excluding hydrogens is 238 g/mol. The van der Waals surface area contributed by atoms with Crippen molar-refractivity contribution in [3.05, 3.63) is 12.2 Å².